The summed E-state index contributed by atoms with van der Waals surface area (Å²) in [5.41, 5.74) is 0. The molecule has 6 aliphatic heterocycles. The summed E-state index contributed by atoms with van der Waals surface area (Å²) in [5.74, 6) is -2.48. The molecule has 29 heavy (non-hydrogen) atoms. The molecule has 9 nitrogen and oxygen atoms in total. The molecule has 4 fully saturated rings. The fourth-order valence-corrected chi connectivity index (χ4v) is 5.59. The van der Waals surface area contributed by atoms with Crippen LogP contribution in [0.25, 0.3) is 0 Å². The van der Waals surface area contributed by atoms with E-state index < -0.39 is 23.7 Å². The Labute approximate surface area is 166 Å². The Morgan fingerprint density at radius 2 is 0.931 bits per heavy atom. The van der Waals surface area contributed by atoms with E-state index in [9.17, 15) is 19.2 Å². The quantitative estimate of drug-likeness (QED) is 0.316. The predicted octanol–water partition coefficient (Wildman–Crippen LogP) is -1.12. The van der Waals surface area contributed by atoms with E-state index in [0.717, 1.165) is 0 Å². The lowest BCUT2D eigenvalue weighted by Crippen LogP contribution is -2.38. The molecule has 0 N–H and O–H groups in total. The summed E-state index contributed by atoms with van der Waals surface area (Å²) in [7, 11) is 0. The third kappa shape index (κ3) is 2.26. The van der Waals surface area contributed by atoms with Gasteiger partial charge in [0.15, 0.2) is 0 Å². The third-order valence-corrected chi connectivity index (χ3v) is 6.92. The summed E-state index contributed by atoms with van der Waals surface area (Å²) in [4.78, 5) is 52.7. The lowest BCUT2D eigenvalue weighted by Gasteiger charge is -2.19. The van der Waals surface area contributed by atoms with Crippen LogP contribution in [-0.2, 0) is 33.4 Å². The topological polar surface area (TPSA) is 102 Å². The average Bonchev–Trinajstić information content (AvgIpc) is 3.53. The fourth-order valence-electron chi connectivity index (χ4n) is 5.59. The van der Waals surface area contributed by atoms with Crippen LogP contribution in [-0.4, -0.2) is 84.1 Å². The molecular formula is C20H20N2O7. The minimum absolute atomic E-state index is 0.166. The van der Waals surface area contributed by atoms with Crippen molar-refractivity contribution in [3.8, 4) is 0 Å². The van der Waals surface area contributed by atoms with Crippen molar-refractivity contribution in [2.45, 2.75) is 24.4 Å². The summed E-state index contributed by atoms with van der Waals surface area (Å²) < 4.78 is 16.8. The fraction of sp³-hybridized carbons (Fsp3) is 0.600. The number of ether oxygens (including phenoxy) is 3. The molecule has 0 aromatic rings. The molecular weight excluding hydrogens is 380 g/mol. The molecule has 8 unspecified atom stereocenters. The molecule has 0 aromatic carbocycles. The van der Waals surface area contributed by atoms with Crippen LogP contribution in [0.2, 0.25) is 0 Å². The Balaban J connectivity index is 0.999. The van der Waals surface area contributed by atoms with Crippen LogP contribution in [0.5, 0.6) is 0 Å². The maximum absolute atomic E-state index is 12.5. The van der Waals surface area contributed by atoms with E-state index in [2.05, 4.69) is 0 Å². The Bertz CT molecular complexity index is 752. The second-order valence-corrected chi connectivity index (χ2v) is 8.27. The first-order valence-electron chi connectivity index (χ1n) is 10.0. The molecule has 0 spiro atoms. The molecule has 4 saturated heterocycles. The van der Waals surface area contributed by atoms with Gasteiger partial charge in [-0.15, -0.1) is 0 Å². The molecule has 9 heteroatoms. The maximum atomic E-state index is 12.5. The van der Waals surface area contributed by atoms with Crippen molar-refractivity contribution in [3.63, 3.8) is 0 Å². The molecule has 4 amide bonds. The van der Waals surface area contributed by atoms with Crippen molar-refractivity contribution >= 4 is 23.6 Å². The van der Waals surface area contributed by atoms with Gasteiger partial charge in [0, 0.05) is 0 Å². The first kappa shape index (κ1) is 17.5. The highest BCUT2D eigenvalue weighted by atomic mass is 16.5. The summed E-state index contributed by atoms with van der Waals surface area (Å²) in [6.07, 6.45) is 6.21. The number of carbonyl (C=O) groups excluding carboxylic acids is 4. The standard InChI is InChI=1S/C20H20N2O7/c23-17-13-9-1-2-10(28-9)14(13)18(24)21(17)5-7-27-8-6-22-19(25)15-11-3-4-12(29-11)16(15)20(22)26/h1-4,9-16H,5-8H2. The van der Waals surface area contributed by atoms with Gasteiger partial charge in [-0.25, -0.2) is 0 Å². The van der Waals surface area contributed by atoms with Gasteiger partial charge in [0.25, 0.3) is 0 Å². The number of imide groups is 2. The molecule has 0 aliphatic carbocycles. The first-order chi connectivity index (χ1) is 14.1. The molecule has 0 aromatic heterocycles. The Morgan fingerprint density at radius 1 is 0.621 bits per heavy atom. The molecule has 6 heterocycles. The van der Waals surface area contributed by atoms with Gasteiger partial charge in [-0.3, -0.25) is 29.0 Å². The van der Waals surface area contributed by atoms with Crippen molar-refractivity contribution in [2.75, 3.05) is 26.3 Å². The van der Waals surface area contributed by atoms with Crippen LogP contribution < -0.4 is 0 Å². The number of hydrogen-bond donors (Lipinski definition) is 0. The summed E-state index contributed by atoms with van der Waals surface area (Å²) in [5, 5.41) is 0. The van der Waals surface area contributed by atoms with E-state index in [1.165, 1.54) is 9.80 Å². The average molecular weight is 400 g/mol. The van der Waals surface area contributed by atoms with Gasteiger partial charge in [-0.05, 0) is 0 Å². The summed E-state index contributed by atoms with van der Waals surface area (Å²) in [6, 6.07) is 0. The van der Waals surface area contributed by atoms with E-state index in [4.69, 9.17) is 14.2 Å². The minimum Gasteiger partial charge on any atom is -0.378 e. The van der Waals surface area contributed by atoms with Gasteiger partial charge in [-0.2, -0.15) is 0 Å². The summed E-state index contributed by atoms with van der Waals surface area (Å²) >= 11 is 0. The van der Waals surface area contributed by atoms with E-state index in [0.29, 0.717) is 0 Å². The Kier molecular flexibility index (Phi) is 3.66. The highest BCUT2D eigenvalue weighted by Gasteiger charge is 2.61. The number of nitrogens with zero attached hydrogens (tertiary/aromatic N) is 2. The number of hydrogen-bond acceptors (Lipinski definition) is 7. The predicted molar refractivity (Wildman–Crippen MR) is 93.8 cm³/mol. The molecule has 0 radical (unpaired) electrons. The highest BCUT2D eigenvalue weighted by Crippen LogP contribution is 2.46. The van der Waals surface area contributed by atoms with Crippen LogP contribution in [0.1, 0.15) is 0 Å². The largest absolute Gasteiger partial charge is 0.378 e. The van der Waals surface area contributed by atoms with Crippen LogP contribution >= 0.6 is 0 Å². The lowest BCUT2D eigenvalue weighted by molar-refractivity contribution is -0.143. The van der Waals surface area contributed by atoms with E-state index in [1.54, 1.807) is 0 Å². The van der Waals surface area contributed by atoms with Gasteiger partial charge in [0.2, 0.25) is 23.6 Å². The third-order valence-electron chi connectivity index (χ3n) is 6.92. The zero-order valence-electron chi connectivity index (χ0n) is 15.5. The number of fused-ring (bicyclic) bond motifs is 10. The SMILES string of the molecule is O=C1C2C3C=CC(O3)C2C(=O)N1CCOCCN1C(=O)C2C3C=CC(O3)C2C1=O. The molecule has 4 bridgehead atoms. The number of amides is 4. The van der Waals surface area contributed by atoms with Crippen molar-refractivity contribution in [1.29, 1.82) is 0 Å². The van der Waals surface area contributed by atoms with E-state index in [1.807, 2.05) is 24.3 Å². The van der Waals surface area contributed by atoms with Gasteiger partial charge < -0.3 is 14.2 Å². The zero-order valence-corrected chi connectivity index (χ0v) is 15.5. The Morgan fingerprint density at radius 3 is 1.24 bits per heavy atom. The van der Waals surface area contributed by atoms with E-state index >= 15 is 0 Å². The summed E-state index contributed by atoms with van der Waals surface area (Å²) in [6.45, 7) is 0.664. The second kappa shape index (κ2) is 6.07. The van der Waals surface area contributed by atoms with E-state index in [-0.39, 0.29) is 74.3 Å². The zero-order chi connectivity index (χ0) is 19.9. The molecule has 0 saturated carbocycles. The molecule has 6 aliphatic rings. The molecule has 6 rings (SSSR count). The van der Waals surface area contributed by atoms with Crippen LogP contribution in [0.15, 0.2) is 24.3 Å². The number of carbonyl (C=O) groups is 4. The van der Waals surface area contributed by atoms with Gasteiger partial charge in [0.1, 0.15) is 0 Å². The smallest absolute Gasteiger partial charge is 0.236 e. The normalized spacial score (nSPS) is 43.4. The maximum Gasteiger partial charge on any atom is 0.236 e. The Hall–Kier alpha value is -2.36. The monoisotopic (exact) mass is 400 g/mol. The second-order valence-electron chi connectivity index (χ2n) is 8.27. The van der Waals surface area contributed by atoms with Gasteiger partial charge >= 0.3 is 0 Å². The minimum atomic E-state index is -0.414. The van der Waals surface area contributed by atoms with Crippen molar-refractivity contribution in [2.24, 2.45) is 23.7 Å². The molecule has 152 valence electrons. The van der Waals surface area contributed by atoms with Crippen molar-refractivity contribution < 1.29 is 33.4 Å². The van der Waals surface area contributed by atoms with Crippen molar-refractivity contribution in [3.05, 3.63) is 24.3 Å². The number of rotatable bonds is 6. The van der Waals surface area contributed by atoms with Crippen LogP contribution in [0.4, 0.5) is 0 Å². The number of likely N-dealkylation sites (tertiary alicyclic amines) is 2. The first-order valence-corrected chi connectivity index (χ1v) is 10.0. The van der Waals surface area contributed by atoms with Crippen LogP contribution in [0, 0.1) is 23.7 Å². The van der Waals surface area contributed by atoms with Crippen LogP contribution in [0.3, 0.4) is 0 Å². The van der Waals surface area contributed by atoms with Crippen molar-refractivity contribution in [1.82, 2.24) is 9.80 Å². The molecule has 8 atom stereocenters. The van der Waals surface area contributed by atoms with Gasteiger partial charge in [-0.1, -0.05) is 24.3 Å². The highest BCUT2D eigenvalue weighted by molar-refractivity contribution is 6.07. The lowest BCUT2D eigenvalue weighted by atomic mass is 9.85. The van der Waals surface area contributed by atoms with Gasteiger partial charge in [0.05, 0.1) is 74.4 Å².